The lowest BCUT2D eigenvalue weighted by Crippen LogP contribution is -2.42. The molecule has 0 amide bonds. The molecule has 0 bridgehead atoms. The van der Waals surface area contributed by atoms with Crippen molar-refractivity contribution in [2.24, 2.45) is 19.3 Å². The molecule has 1 atom stereocenters. The Morgan fingerprint density at radius 1 is 1.17 bits per heavy atom. The fraction of sp³-hybridized carbons (Fsp3) is 0.368. The highest BCUT2D eigenvalue weighted by atomic mass is 16.6. The summed E-state index contributed by atoms with van der Waals surface area (Å²) >= 11 is 0. The monoisotopic (exact) mass is 399 g/mol. The number of oxime groups is 1. The quantitative estimate of drug-likeness (QED) is 0.624. The molecule has 0 spiro atoms. The number of fused-ring (bicyclic) bond motifs is 1. The lowest BCUT2D eigenvalue weighted by Gasteiger charge is -2.12. The maximum Gasteiger partial charge on any atom is 0.332 e. The third kappa shape index (κ3) is 3.06. The minimum atomic E-state index is -0.440. The Morgan fingerprint density at radius 2 is 1.93 bits per heavy atom. The first-order chi connectivity index (χ1) is 13.9. The number of methoxy groups -OCH3 is 2. The number of aryl methyl sites for hydroxylation is 2. The van der Waals surface area contributed by atoms with Crippen LogP contribution in [0.25, 0.3) is 11.2 Å². The molecule has 0 saturated carbocycles. The summed E-state index contributed by atoms with van der Waals surface area (Å²) in [6.45, 7) is 0.0902. The number of aromatic nitrogens is 4. The molecule has 2 aromatic heterocycles. The van der Waals surface area contributed by atoms with Gasteiger partial charge in [0.2, 0.25) is 0 Å². The minimum Gasteiger partial charge on any atom is -0.493 e. The maximum atomic E-state index is 12.8. The molecule has 0 radical (unpaired) electrons. The van der Waals surface area contributed by atoms with Gasteiger partial charge in [-0.15, -0.1) is 0 Å². The summed E-state index contributed by atoms with van der Waals surface area (Å²) in [5, 5.41) is 4.14. The average molecular weight is 399 g/mol. The van der Waals surface area contributed by atoms with Crippen molar-refractivity contribution in [2.75, 3.05) is 14.2 Å². The van der Waals surface area contributed by atoms with Gasteiger partial charge in [0.15, 0.2) is 28.8 Å². The van der Waals surface area contributed by atoms with Crippen molar-refractivity contribution in [1.82, 2.24) is 18.7 Å². The fourth-order valence-electron chi connectivity index (χ4n) is 3.47. The van der Waals surface area contributed by atoms with Gasteiger partial charge in [0.1, 0.15) is 0 Å². The zero-order chi connectivity index (χ0) is 20.7. The van der Waals surface area contributed by atoms with E-state index in [1.165, 1.54) is 15.5 Å². The van der Waals surface area contributed by atoms with Gasteiger partial charge >= 0.3 is 5.69 Å². The van der Waals surface area contributed by atoms with Crippen LogP contribution in [0.4, 0.5) is 0 Å². The van der Waals surface area contributed by atoms with Crippen LogP contribution in [0.15, 0.2) is 39.3 Å². The Balaban J connectivity index is 1.60. The van der Waals surface area contributed by atoms with Crippen LogP contribution in [0.5, 0.6) is 11.5 Å². The van der Waals surface area contributed by atoms with Crippen LogP contribution in [-0.4, -0.2) is 44.7 Å². The van der Waals surface area contributed by atoms with E-state index in [2.05, 4.69) is 10.1 Å². The van der Waals surface area contributed by atoms with E-state index in [0.29, 0.717) is 34.8 Å². The molecule has 0 saturated heterocycles. The summed E-state index contributed by atoms with van der Waals surface area (Å²) in [6, 6.07) is 5.47. The van der Waals surface area contributed by atoms with E-state index in [1.54, 1.807) is 38.9 Å². The van der Waals surface area contributed by atoms with Crippen molar-refractivity contribution in [1.29, 1.82) is 0 Å². The van der Waals surface area contributed by atoms with Crippen LogP contribution in [-0.2, 0) is 25.5 Å². The molecule has 29 heavy (non-hydrogen) atoms. The highest BCUT2D eigenvalue weighted by Crippen LogP contribution is 2.29. The van der Waals surface area contributed by atoms with E-state index in [-0.39, 0.29) is 6.54 Å². The molecule has 0 N–H and O–H groups in total. The van der Waals surface area contributed by atoms with Crippen molar-refractivity contribution >= 4 is 16.9 Å². The second-order valence-electron chi connectivity index (χ2n) is 6.82. The molecule has 152 valence electrons. The van der Waals surface area contributed by atoms with Gasteiger partial charge in [-0.05, 0) is 18.2 Å². The lowest BCUT2D eigenvalue weighted by atomic mass is 10.0. The Hall–Kier alpha value is -3.56. The summed E-state index contributed by atoms with van der Waals surface area (Å²) in [5.74, 6) is 1.20. The number of hydrogen-bond acceptors (Lipinski definition) is 7. The molecule has 1 aliphatic rings. The van der Waals surface area contributed by atoms with Crippen LogP contribution in [0, 0.1) is 0 Å². The summed E-state index contributed by atoms with van der Waals surface area (Å²) in [6.07, 6.45) is 1.53. The molecule has 10 heteroatoms. The predicted molar refractivity (Wildman–Crippen MR) is 106 cm³/mol. The van der Waals surface area contributed by atoms with Gasteiger partial charge in [-0.2, -0.15) is 0 Å². The third-order valence-corrected chi connectivity index (χ3v) is 5.04. The second kappa shape index (κ2) is 7.12. The fourth-order valence-corrected chi connectivity index (χ4v) is 3.47. The first-order valence-corrected chi connectivity index (χ1v) is 9.00. The zero-order valence-electron chi connectivity index (χ0n) is 16.6. The van der Waals surface area contributed by atoms with Crippen LogP contribution in [0.1, 0.15) is 12.0 Å². The first kappa shape index (κ1) is 18.8. The predicted octanol–water partition coefficient (Wildman–Crippen LogP) is 0.644. The van der Waals surface area contributed by atoms with E-state index in [0.717, 1.165) is 5.56 Å². The summed E-state index contributed by atoms with van der Waals surface area (Å²) in [5.41, 5.74) is 1.42. The summed E-state index contributed by atoms with van der Waals surface area (Å²) in [4.78, 5) is 35.1. The number of imidazole rings is 1. The molecule has 3 heterocycles. The molecule has 10 nitrogen and oxygen atoms in total. The van der Waals surface area contributed by atoms with Crippen molar-refractivity contribution < 1.29 is 14.3 Å². The van der Waals surface area contributed by atoms with Crippen LogP contribution in [0.2, 0.25) is 0 Å². The minimum absolute atomic E-state index is 0.0902. The van der Waals surface area contributed by atoms with Gasteiger partial charge in [-0.3, -0.25) is 13.9 Å². The number of ether oxygens (including phenoxy) is 2. The molecule has 0 fully saturated rings. The largest absolute Gasteiger partial charge is 0.493 e. The van der Waals surface area contributed by atoms with Crippen LogP contribution in [0.3, 0.4) is 0 Å². The lowest BCUT2D eigenvalue weighted by molar-refractivity contribution is 0.0706. The molecule has 1 aromatic carbocycles. The van der Waals surface area contributed by atoms with Gasteiger partial charge in [0.25, 0.3) is 5.56 Å². The van der Waals surface area contributed by atoms with Gasteiger partial charge in [-0.1, -0.05) is 5.16 Å². The average Bonchev–Trinajstić information content (AvgIpc) is 3.36. The molecular formula is C19H21N5O5. The van der Waals surface area contributed by atoms with E-state index in [1.807, 2.05) is 12.1 Å². The van der Waals surface area contributed by atoms with E-state index in [9.17, 15) is 9.59 Å². The number of rotatable bonds is 5. The molecule has 3 aromatic rings. The van der Waals surface area contributed by atoms with E-state index in [4.69, 9.17) is 14.3 Å². The molecule has 0 unspecified atom stereocenters. The Bertz CT molecular complexity index is 1240. The summed E-state index contributed by atoms with van der Waals surface area (Å²) in [7, 11) is 6.44. The van der Waals surface area contributed by atoms with Gasteiger partial charge in [0.05, 0.1) is 32.8 Å². The van der Waals surface area contributed by atoms with Crippen LogP contribution < -0.4 is 20.7 Å². The maximum absolute atomic E-state index is 12.8. The normalized spacial score (nSPS) is 16.0. The SMILES string of the molecule is COc1ccc(C2=NO[C@@H](Cn3c(=O)c4c(ncn4C)n(C)c3=O)C2)cc1OC. The smallest absolute Gasteiger partial charge is 0.332 e. The molecular weight excluding hydrogens is 378 g/mol. The number of benzene rings is 1. The number of nitrogens with zero attached hydrogens (tertiary/aromatic N) is 5. The van der Waals surface area contributed by atoms with Crippen molar-refractivity contribution in [3.05, 3.63) is 50.9 Å². The zero-order valence-corrected chi connectivity index (χ0v) is 16.6. The standard InChI is InChI=1S/C19H21N5O5/c1-22-10-20-17-16(22)18(25)24(19(26)23(17)2)9-12-8-13(21-29-12)11-5-6-14(27-3)15(7-11)28-4/h5-7,10,12H,8-9H2,1-4H3/t12-/m1/s1. The third-order valence-electron chi connectivity index (χ3n) is 5.04. The summed E-state index contributed by atoms with van der Waals surface area (Å²) < 4.78 is 14.7. The van der Waals surface area contributed by atoms with Crippen molar-refractivity contribution in [3.8, 4) is 11.5 Å². The highest BCUT2D eigenvalue weighted by molar-refractivity contribution is 6.01. The molecule has 0 aliphatic carbocycles. The Labute approximate surface area is 165 Å². The van der Waals surface area contributed by atoms with Crippen molar-refractivity contribution in [3.63, 3.8) is 0 Å². The van der Waals surface area contributed by atoms with Gasteiger partial charge in [0, 0.05) is 26.1 Å². The van der Waals surface area contributed by atoms with Crippen molar-refractivity contribution in [2.45, 2.75) is 19.1 Å². The topological polar surface area (TPSA) is 102 Å². The Kier molecular flexibility index (Phi) is 4.61. The highest BCUT2D eigenvalue weighted by Gasteiger charge is 2.26. The van der Waals surface area contributed by atoms with Crippen LogP contribution >= 0.6 is 0 Å². The second-order valence-corrected chi connectivity index (χ2v) is 6.82. The van der Waals surface area contributed by atoms with E-state index < -0.39 is 17.4 Å². The van der Waals surface area contributed by atoms with E-state index >= 15 is 0 Å². The first-order valence-electron chi connectivity index (χ1n) is 9.00. The number of hydrogen-bond donors (Lipinski definition) is 0. The Morgan fingerprint density at radius 3 is 2.66 bits per heavy atom. The molecule has 1 aliphatic heterocycles. The van der Waals surface area contributed by atoms with Gasteiger partial charge in [-0.25, -0.2) is 9.78 Å². The molecule has 4 rings (SSSR count). The van der Waals surface area contributed by atoms with Gasteiger partial charge < -0.3 is 18.9 Å².